The maximum Gasteiger partial charge on any atom is 0.289 e. The molecule has 2 fully saturated rings. The zero-order chi connectivity index (χ0) is 13.5. The third-order valence-corrected chi connectivity index (χ3v) is 4.74. The molecule has 1 aliphatic carbocycles. The third-order valence-electron chi connectivity index (χ3n) is 3.35. The molecule has 2 heterocycles. The van der Waals surface area contributed by atoms with Crippen LogP contribution >= 0.6 is 0 Å². The van der Waals surface area contributed by atoms with Crippen molar-refractivity contribution in [3.05, 3.63) is 17.9 Å². The van der Waals surface area contributed by atoms with Crippen LogP contribution in [0.15, 0.2) is 21.6 Å². The molecule has 1 aromatic rings. The van der Waals surface area contributed by atoms with E-state index in [2.05, 4.69) is 4.72 Å². The highest BCUT2D eigenvalue weighted by Gasteiger charge is 2.31. The van der Waals surface area contributed by atoms with E-state index in [0.717, 1.165) is 25.7 Å². The molecule has 104 valence electrons. The highest BCUT2D eigenvalue weighted by atomic mass is 32.2. The Hall–Kier alpha value is -1.34. The second-order valence-electron chi connectivity index (χ2n) is 5.01. The number of carbonyl (C=O) groups excluding carboxylic acids is 1. The van der Waals surface area contributed by atoms with E-state index in [0.29, 0.717) is 13.1 Å². The minimum atomic E-state index is -3.62. The third kappa shape index (κ3) is 2.66. The summed E-state index contributed by atoms with van der Waals surface area (Å²) in [5.74, 6) is -0.136. The topological polar surface area (TPSA) is 79.6 Å². The van der Waals surface area contributed by atoms with Gasteiger partial charge in [0.25, 0.3) is 15.9 Å². The van der Waals surface area contributed by atoms with Gasteiger partial charge >= 0.3 is 0 Å². The number of sulfonamides is 1. The second kappa shape index (κ2) is 4.64. The van der Waals surface area contributed by atoms with Gasteiger partial charge in [-0.15, -0.1) is 0 Å². The van der Waals surface area contributed by atoms with Crippen LogP contribution in [0, 0.1) is 0 Å². The molecule has 1 saturated heterocycles. The van der Waals surface area contributed by atoms with Crippen molar-refractivity contribution in [1.82, 2.24) is 9.62 Å². The maximum absolute atomic E-state index is 12.0. The molecular formula is C12H16N2O4S. The van der Waals surface area contributed by atoms with E-state index in [1.54, 1.807) is 4.90 Å². The molecule has 1 aliphatic heterocycles. The van der Waals surface area contributed by atoms with E-state index < -0.39 is 10.0 Å². The van der Waals surface area contributed by atoms with Crippen molar-refractivity contribution >= 4 is 15.9 Å². The van der Waals surface area contributed by atoms with E-state index >= 15 is 0 Å². The Morgan fingerprint density at radius 1 is 1.26 bits per heavy atom. The van der Waals surface area contributed by atoms with Crippen molar-refractivity contribution in [3.63, 3.8) is 0 Å². The summed E-state index contributed by atoms with van der Waals surface area (Å²) in [6.07, 6.45) is 3.70. The minimum absolute atomic E-state index is 0.0211. The lowest BCUT2D eigenvalue weighted by molar-refractivity contribution is 0.0755. The van der Waals surface area contributed by atoms with Crippen molar-refractivity contribution in [2.45, 2.75) is 36.8 Å². The molecule has 1 amide bonds. The molecule has 7 heteroatoms. The Balaban J connectivity index is 1.76. The molecule has 3 rings (SSSR count). The van der Waals surface area contributed by atoms with Crippen LogP contribution in [0.5, 0.6) is 0 Å². The summed E-state index contributed by atoms with van der Waals surface area (Å²) in [6, 6.07) is 2.80. The molecule has 6 nitrogen and oxygen atoms in total. The van der Waals surface area contributed by atoms with E-state index in [1.807, 2.05) is 0 Å². The summed E-state index contributed by atoms with van der Waals surface area (Å²) in [4.78, 5) is 13.7. The molecule has 1 aromatic heterocycles. The number of furan rings is 1. The molecule has 0 unspecified atom stereocenters. The van der Waals surface area contributed by atoms with Crippen molar-refractivity contribution in [2.75, 3.05) is 13.1 Å². The van der Waals surface area contributed by atoms with Gasteiger partial charge in [0, 0.05) is 19.1 Å². The van der Waals surface area contributed by atoms with E-state index in [4.69, 9.17) is 4.42 Å². The van der Waals surface area contributed by atoms with Crippen LogP contribution in [0.1, 0.15) is 36.2 Å². The lowest BCUT2D eigenvalue weighted by Crippen LogP contribution is -2.27. The minimum Gasteiger partial charge on any atom is -0.438 e. The van der Waals surface area contributed by atoms with Crippen LogP contribution in [0.3, 0.4) is 0 Å². The molecule has 0 spiro atoms. The fourth-order valence-electron chi connectivity index (χ4n) is 2.13. The van der Waals surface area contributed by atoms with Crippen LogP contribution in [0.4, 0.5) is 0 Å². The van der Waals surface area contributed by atoms with Gasteiger partial charge in [-0.1, -0.05) is 0 Å². The number of amides is 1. The summed E-state index contributed by atoms with van der Waals surface area (Å²) in [5, 5.41) is -0.179. The first-order chi connectivity index (χ1) is 9.06. The average molecular weight is 284 g/mol. The molecular weight excluding hydrogens is 268 g/mol. The predicted molar refractivity (Wildman–Crippen MR) is 67.2 cm³/mol. The highest BCUT2D eigenvalue weighted by Crippen LogP contribution is 2.23. The van der Waals surface area contributed by atoms with Gasteiger partial charge in [0.2, 0.25) is 5.09 Å². The normalized spacial score (nSPS) is 19.9. The van der Waals surface area contributed by atoms with Gasteiger partial charge in [0.15, 0.2) is 5.76 Å². The Kier molecular flexibility index (Phi) is 3.10. The summed E-state index contributed by atoms with van der Waals surface area (Å²) < 4.78 is 31.6. The fourth-order valence-corrected chi connectivity index (χ4v) is 3.37. The lowest BCUT2D eigenvalue weighted by atomic mass is 10.4. The monoisotopic (exact) mass is 284 g/mol. The smallest absolute Gasteiger partial charge is 0.289 e. The van der Waals surface area contributed by atoms with Crippen molar-refractivity contribution in [2.24, 2.45) is 0 Å². The summed E-state index contributed by atoms with van der Waals surface area (Å²) >= 11 is 0. The van der Waals surface area contributed by atoms with Crippen LogP contribution < -0.4 is 4.72 Å². The fraction of sp³-hybridized carbons (Fsp3) is 0.583. The second-order valence-corrected chi connectivity index (χ2v) is 6.66. The molecule has 0 bridgehead atoms. The first-order valence-corrected chi connectivity index (χ1v) is 7.96. The van der Waals surface area contributed by atoms with Crippen LogP contribution in [-0.4, -0.2) is 38.4 Å². The molecule has 0 atom stereocenters. The number of nitrogens with zero attached hydrogens (tertiary/aromatic N) is 1. The number of hydrogen-bond acceptors (Lipinski definition) is 4. The van der Waals surface area contributed by atoms with E-state index in [1.165, 1.54) is 12.1 Å². The quantitative estimate of drug-likeness (QED) is 0.893. The van der Waals surface area contributed by atoms with Gasteiger partial charge in [-0.05, 0) is 37.8 Å². The first-order valence-electron chi connectivity index (χ1n) is 6.48. The Morgan fingerprint density at radius 2 is 1.95 bits per heavy atom. The van der Waals surface area contributed by atoms with Crippen molar-refractivity contribution in [1.29, 1.82) is 0 Å². The number of likely N-dealkylation sites (tertiary alicyclic amines) is 1. The van der Waals surface area contributed by atoms with Crippen molar-refractivity contribution < 1.29 is 17.6 Å². The molecule has 19 heavy (non-hydrogen) atoms. The number of rotatable bonds is 4. The van der Waals surface area contributed by atoms with E-state index in [-0.39, 0.29) is 22.8 Å². The lowest BCUT2D eigenvalue weighted by Gasteiger charge is -2.12. The van der Waals surface area contributed by atoms with Crippen LogP contribution in [0.25, 0.3) is 0 Å². The SMILES string of the molecule is O=C(c1ccc(S(=O)(=O)NC2CC2)o1)N1CCCC1. The van der Waals surface area contributed by atoms with E-state index in [9.17, 15) is 13.2 Å². The average Bonchev–Trinajstić information content (AvgIpc) is 2.92. The first kappa shape index (κ1) is 12.7. The van der Waals surface area contributed by atoms with Gasteiger partial charge in [0.1, 0.15) is 0 Å². The van der Waals surface area contributed by atoms with Crippen LogP contribution in [0.2, 0.25) is 0 Å². The van der Waals surface area contributed by atoms with Gasteiger partial charge in [-0.2, -0.15) is 0 Å². The molecule has 0 radical (unpaired) electrons. The maximum atomic E-state index is 12.0. The van der Waals surface area contributed by atoms with Gasteiger partial charge in [-0.25, -0.2) is 13.1 Å². The van der Waals surface area contributed by atoms with Gasteiger partial charge in [0.05, 0.1) is 0 Å². The number of carbonyl (C=O) groups is 1. The molecule has 1 N–H and O–H groups in total. The Labute approximate surface area is 111 Å². The number of hydrogen-bond donors (Lipinski definition) is 1. The Bertz CT molecular complexity index is 583. The van der Waals surface area contributed by atoms with Crippen LogP contribution in [-0.2, 0) is 10.0 Å². The highest BCUT2D eigenvalue weighted by molar-refractivity contribution is 7.89. The predicted octanol–water partition coefficient (Wildman–Crippen LogP) is 0.956. The summed E-state index contributed by atoms with van der Waals surface area (Å²) in [6.45, 7) is 1.42. The summed E-state index contributed by atoms with van der Waals surface area (Å²) in [7, 11) is -3.62. The molecule has 2 aliphatic rings. The van der Waals surface area contributed by atoms with Crippen molar-refractivity contribution in [3.8, 4) is 0 Å². The molecule has 1 saturated carbocycles. The van der Waals surface area contributed by atoms with Gasteiger partial charge < -0.3 is 9.32 Å². The summed E-state index contributed by atoms with van der Waals surface area (Å²) in [5.41, 5.74) is 0. The molecule has 0 aromatic carbocycles. The zero-order valence-corrected chi connectivity index (χ0v) is 11.3. The number of nitrogens with one attached hydrogen (secondary N) is 1. The standard InChI is InChI=1S/C12H16N2O4S/c15-12(14-7-1-2-8-14)10-5-6-11(18-10)19(16,17)13-9-3-4-9/h5-6,9,13H,1-4,7-8H2. The Morgan fingerprint density at radius 3 is 2.58 bits per heavy atom. The van der Waals surface area contributed by atoms with Gasteiger partial charge in [-0.3, -0.25) is 4.79 Å². The zero-order valence-electron chi connectivity index (χ0n) is 10.5. The largest absolute Gasteiger partial charge is 0.438 e.